The average Bonchev–Trinajstić information content (AvgIpc) is 2.51. The van der Waals surface area contributed by atoms with Gasteiger partial charge < -0.3 is 20.5 Å². The maximum Gasteiger partial charge on any atom is 0.228 e. The predicted molar refractivity (Wildman–Crippen MR) is 92.5 cm³/mol. The first-order chi connectivity index (χ1) is 10.9. The second-order valence-electron chi connectivity index (χ2n) is 5.10. The smallest absolute Gasteiger partial charge is 0.228 e. The third-order valence-electron chi connectivity index (χ3n) is 3.46. The van der Waals surface area contributed by atoms with Crippen molar-refractivity contribution in [2.75, 3.05) is 25.3 Å². The molecule has 23 heavy (non-hydrogen) atoms. The lowest BCUT2D eigenvalue weighted by atomic mass is 10.0. The lowest BCUT2D eigenvalue weighted by molar-refractivity contribution is -0.115. The molecule has 0 radical (unpaired) electrons. The fourth-order valence-electron chi connectivity index (χ4n) is 2.21. The molecule has 0 spiro atoms. The van der Waals surface area contributed by atoms with E-state index in [1.54, 1.807) is 38.5 Å². The summed E-state index contributed by atoms with van der Waals surface area (Å²) in [5, 5.41) is 3.19. The van der Waals surface area contributed by atoms with Crippen LogP contribution in [0.4, 0.5) is 11.4 Å². The third-order valence-corrected chi connectivity index (χ3v) is 3.77. The number of carbonyl (C=O) groups excluding carboxylic acids is 1. The molecule has 2 aromatic rings. The lowest BCUT2D eigenvalue weighted by Gasteiger charge is -2.13. The minimum atomic E-state index is -0.174. The van der Waals surface area contributed by atoms with Gasteiger partial charge in [0, 0.05) is 5.69 Å². The number of carbonyl (C=O) groups is 1. The van der Waals surface area contributed by atoms with E-state index in [0.717, 1.165) is 11.1 Å². The number of hydrogen-bond acceptors (Lipinski definition) is 4. The maximum absolute atomic E-state index is 12.3. The summed E-state index contributed by atoms with van der Waals surface area (Å²) >= 11 is 6.06. The summed E-state index contributed by atoms with van der Waals surface area (Å²) in [6.45, 7) is 1.92. The van der Waals surface area contributed by atoms with Crippen molar-refractivity contribution in [2.24, 2.45) is 0 Å². The van der Waals surface area contributed by atoms with E-state index in [-0.39, 0.29) is 12.3 Å². The van der Waals surface area contributed by atoms with Crippen LogP contribution in [0.2, 0.25) is 5.02 Å². The molecule has 2 rings (SSSR count). The number of halogens is 1. The molecule has 0 bridgehead atoms. The van der Waals surface area contributed by atoms with E-state index in [0.29, 0.717) is 27.9 Å². The molecule has 0 fully saturated rings. The zero-order chi connectivity index (χ0) is 17.0. The Labute approximate surface area is 140 Å². The summed E-state index contributed by atoms with van der Waals surface area (Å²) in [5.41, 5.74) is 8.51. The quantitative estimate of drug-likeness (QED) is 0.822. The highest BCUT2D eigenvalue weighted by atomic mass is 35.5. The van der Waals surface area contributed by atoms with Crippen LogP contribution < -0.4 is 20.5 Å². The number of nitrogens with two attached hydrogens (primary N) is 1. The molecule has 0 saturated carbocycles. The maximum atomic E-state index is 12.3. The van der Waals surface area contributed by atoms with Crippen LogP contribution in [-0.2, 0) is 11.2 Å². The Bertz CT molecular complexity index is 732. The monoisotopic (exact) mass is 334 g/mol. The first-order valence-electron chi connectivity index (χ1n) is 7.01. The number of nitrogen functional groups attached to an aromatic ring is 1. The summed E-state index contributed by atoms with van der Waals surface area (Å²) in [6.07, 6.45) is 0.201. The van der Waals surface area contributed by atoms with Crippen molar-refractivity contribution in [1.29, 1.82) is 0 Å². The Kier molecular flexibility index (Phi) is 5.34. The highest BCUT2D eigenvalue weighted by molar-refractivity contribution is 6.34. The number of aryl methyl sites for hydroxylation is 1. The van der Waals surface area contributed by atoms with E-state index in [1.807, 2.05) is 13.0 Å². The van der Waals surface area contributed by atoms with Gasteiger partial charge >= 0.3 is 0 Å². The molecule has 0 atom stereocenters. The number of anilines is 2. The number of nitrogens with one attached hydrogen (secondary N) is 1. The van der Waals surface area contributed by atoms with Gasteiger partial charge in [-0.3, -0.25) is 4.79 Å². The molecule has 0 aliphatic rings. The van der Waals surface area contributed by atoms with E-state index in [1.165, 1.54) is 0 Å². The van der Waals surface area contributed by atoms with Crippen molar-refractivity contribution >= 4 is 28.9 Å². The Morgan fingerprint density at radius 1 is 1.17 bits per heavy atom. The zero-order valence-corrected chi connectivity index (χ0v) is 14.0. The summed E-state index contributed by atoms with van der Waals surface area (Å²) in [6, 6.07) is 8.61. The van der Waals surface area contributed by atoms with Crippen molar-refractivity contribution in [3.8, 4) is 11.5 Å². The summed E-state index contributed by atoms with van der Waals surface area (Å²) in [5.74, 6) is 1.05. The highest BCUT2D eigenvalue weighted by Gasteiger charge is 2.13. The molecule has 0 aromatic heterocycles. The number of amides is 1. The van der Waals surface area contributed by atoms with Crippen molar-refractivity contribution in [1.82, 2.24) is 0 Å². The molecular weight excluding hydrogens is 316 g/mol. The molecule has 6 heteroatoms. The topological polar surface area (TPSA) is 73.6 Å². The number of rotatable bonds is 5. The van der Waals surface area contributed by atoms with Gasteiger partial charge in [-0.2, -0.15) is 0 Å². The van der Waals surface area contributed by atoms with Crippen LogP contribution >= 0.6 is 11.6 Å². The highest BCUT2D eigenvalue weighted by Crippen LogP contribution is 2.31. The van der Waals surface area contributed by atoms with Crippen LogP contribution in [0.5, 0.6) is 11.5 Å². The van der Waals surface area contributed by atoms with E-state index >= 15 is 0 Å². The van der Waals surface area contributed by atoms with Crippen LogP contribution in [0, 0.1) is 6.92 Å². The molecule has 1 amide bonds. The predicted octanol–water partition coefficient (Wildman–Crippen LogP) is 3.43. The van der Waals surface area contributed by atoms with Crippen molar-refractivity contribution < 1.29 is 14.3 Å². The molecule has 2 aromatic carbocycles. The Balaban J connectivity index is 2.17. The Morgan fingerprint density at radius 2 is 1.83 bits per heavy atom. The Hall–Kier alpha value is -2.40. The first-order valence-corrected chi connectivity index (χ1v) is 7.38. The fourth-order valence-corrected chi connectivity index (χ4v) is 2.45. The molecule has 122 valence electrons. The lowest BCUT2D eigenvalue weighted by Crippen LogP contribution is -2.15. The first kappa shape index (κ1) is 17.0. The number of hydrogen-bond donors (Lipinski definition) is 2. The van der Waals surface area contributed by atoms with Crippen molar-refractivity contribution in [3.05, 3.63) is 46.5 Å². The van der Waals surface area contributed by atoms with Crippen LogP contribution in [-0.4, -0.2) is 20.1 Å². The van der Waals surface area contributed by atoms with Crippen LogP contribution in [0.1, 0.15) is 11.1 Å². The van der Waals surface area contributed by atoms with E-state index in [4.69, 9.17) is 26.8 Å². The van der Waals surface area contributed by atoms with Gasteiger partial charge in [-0.05, 0) is 48.4 Å². The van der Waals surface area contributed by atoms with E-state index < -0.39 is 0 Å². The van der Waals surface area contributed by atoms with E-state index in [2.05, 4.69) is 5.32 Å². The SMILES string of the molecule is COc1cc(C)c(CC(=O)Nc2ccc(N)cc2Cl)cc1OC. The number of benzene rings is 2. The largest absolute Gasteiger partial charge is 0.493 e. The van der Waals surface area contributed by atoms with Crippen molar-refractivity contribution in [2.45, 2.75) is 13.3 Å². The second-order valence-corrected chi connectivity index (χ2v) is 5.51. The molecule has 0 unspecified atom stereocenters. The van der Waals surface area contributed by atoms with Crippen LogP contribution in [0.25, 0.3) is 0 Å². The molecule has 0 heterocycles. The molecular formula is C17H19ClN2O3. The normalized spacial score (nSPS) is 10.3. The summed E-state index contributed by atoms with van der Waals surface area (Å²) in [4.78, 5) is 12.3. The van der Waals surface area contributed by atoms with Crippen molar-refractivity contribution in [3.63, 3.8) is 0 Å². The average molecular weight is 335 g/mol. The zero-order valence-electron chi connectivity index (χ0n) is 13.3. The number of methoxy groups -OCH3 is 2. The minimum Gasteiger partial charge on any atom is -0.493 e. The second kappa shape index (κ2) is 7.24. The number of ether oxygens (including phenoxy) is 2. The summed E-state index contributed by atoms with van der Waals surface area (Å²) < 4.78 is 10.5. The van der Waals surface area contributed by atoms with Gasteiger partial charge in [0.2, 0.25) is 5.91 Å². The van der Waals surface area contributed by atoms with Crippen LogP contribution in [0.15, 0.2) is 30.3 Å². The fraction of sp³-hybridized carbons (Fsp3) is 0.235. The van der Waals surface area contributed by atoms with Gasteiger partial charge in [0.15, 0.2) is 11.5 Å². The van der Waals surface area contributed by atoms with Gasteiger partial charge in [-0.25, -0.2) is 0 Å². The van der Waals surface area contributed by atoms with Gasteiger partial charge in [-0.15, -0.1) is 0 Å². The van der Waals surface area contributed by atoms with Crippen LogP contribution in [0.3, 0.4) is 0 Å². The van der Waals surface area contributed by atoms with Gasteiger partial charge in [0.05, 0.1) is 31.4 Å². The molecule has 0 aliphatic heterocycles. The molecule has 5 nitrogen and oxygen atoms in total. The third kappa shape index (κ3) is 4.07. The summed E-state index contributed by atoms with van der Waals surface area (Å²) in [7, 11) is 3.14. The van der Waals surface area contributed by atoms with E-state index in [9.17, 15) is 4.79 Å². The minimum absolute atomic E-state index is 0.174. The van der Waals surface area contributed by atoms with Gasteiger partial charge in [0.1, 0.15) is 0 Å². The standard InChI is InChI=1S/C17H19ClN2O3/c1-10-6-15(22-2)16(23-3)7-11(10)8-17(21)20-14-5-4-12(19)9-13(14)18/h4-7,9H,8,19H2,1-3H3,(H,20,21). The van der Waals surface area contributed by atoms with Gasteiger partial charge in [0.25, 0.3) is 0 Å². The molecule has 3 N–H and O–H groups in total. The molecule has 0 aliphatic carbocycles. The van der Waals surface area contributed by atoms with Gasteiger partial charge in [-0.1, -0.05) is 11.6 Å². The molecule has 0 saturated heterocycles. The Morgan fingerprint density at radius 3 is 2.43 bits per heavy atom.